The number of carbonyl (C=O) groups is 2. The van der Waals surface area contributed by atoms with Gasteiger partial charge in [0, 0.05) is 13.0 Å². The van der Waals surface area contributed by atoms with Crippen molar-refractivity contribution in [3.05, 3.63) is 0 Å². The monoisotopic (exact) mass is 766 g/mol. The molecule has 0 amide bonds. The van der Waals surface area contributed by atoms with Crippen LogP contribution in [0.4, 0.5) is 0 Å². The van der Waals surface area contributed by atoms with Gasteiger partial charge >= 0.3 is 11.9 Å². The maximum absolute atomic E-state index is 13.4. The van der Waals surface area contributed by atoms with Crippen LogP contribution in [0.3, 0.4) is 0 Å². The molecule has 0 rings (SSSR count). The van der Waals surface area contributed by atoms with Gasteiger partial charge in [0.05, 0.1) is 12.0 Å². The van der Waals surface area contributed by atoms with E-state index in [1.165, 1.54) is 148 Å². The first-order chi connectivity index (χ1) is 26.3. The van der Waals surface area contributed by atoms with Crippen molar-refractivity contribution < 1.29 is 24.2 Å². The van der Waals surface area contributed by atoms with Crippen molar-refractivity contribution in [1.82, 2.24) is 4.90 Å². The Balaban J connectivity index is 4.30. The molecule has 6 heteroatoms. The normalized spacial score (nSPS) is 11.9. The third-order valence-electron chi connectivity index (χ3n) is 11.4. The Labute approximate surface area is 337 Å². The van der Waals surface area contributed by atoms with E-state index in [-0.39, 0.29) is 24.6 Å². The number of rotatable bonds is 43. The Kier molecular flexibility index (Phi) is 39.2. The maximum atomic E-state index is 13.4. The largest absolute Gasteiger partial charge is 0.466 e. The zero-order chi connectivity index (χ0) is 39.8. The third-order valence-corrected chi connectivity index (χ3v) is 11.4. The quantitative estimate of drug-likeness (QED) is 0.0492. The minimum Gasteiger partial charge on any atom is -0.466 e. The topological polar surface area (TPSA) is 76.1 Å². The zero-order valence-electron chi connectivity index (χ0n) is 37.2. The van der Waals surface area contributed by atoms with E-state index < -0.39 is 5.41 Å². The Morgan fingerprint density at radius 2 is 0.926 bits per heavy atom. The first-order valence-corrected chi connectivity index (χ1v) is 24.0. The van der Waals surface area contributed by atoms with Gasteiger partial charge in [-0.1, -0.05) is 162 Å². The average molecular weight is 766 g/mol. The predicted molar refractivity (Wildman–Crippen MR) is 232 cm³/mol. The van der Waals surface area contributed by atoms with Gasteiger partial charge in [0.25, 0.3) is 0 Å². The Morgan fingerprint density at radius 1 is 0.519 bits per heavy atom. The van der Waals surface area contributed by atoms with E-state index in [2.05, 4.69) is 39.5 Å². The fourth-order valence-corrected chi connectivity index (χ4v) is 7.47. The van der Waals surface area contributed by atoms with Gasteiger partial charge in [-0.25, -0.2) is 0 Å². The van der Waals surface area contributed by atoms with Gasteiger partial charge < -0.3 is 19.5 Å². The molecule has 0 unspecified atom stereocenters. The van der Waals surface area contributed by atoms with E-state index in [0.29, 0.717) is 13.0 Å². The fraction of sp³-hybridized carbons (Fsp3) is 0.958. The maximum Gasteiger partial charge on any atom is 0.311 e. The van der Waals surface area contributed by atoms with Crippen molar-refractivity contribution in [3.8, 4) is 0 Å². The van der Waals surface area contributed by atoms with Gasteiger partial charge in [-0.3, -0.25) is 9.59 Å². The predicted octanol–water partition coefficient (Wildman–Crippen LogP) is 14.1. The smallest absolute Gasteiger partial charge is 0.311 e. The molecular formula is C48H95NO5. The number of aliphatic hydroxyl groups excluding tert-OH is 1. The number of carbonyl (C=O) groups excluding carboxylic acids is 2. The van der Waals surface area contributed by atoms with Crippen LogP contribution in [0.15, 0.2) is 0 Å². The first-order valence-electron chi connectivity index (χ1n) is 24.0. The van der Waals surface area contributed by atoms with Gasteiger partial charge in [0.15, 0.2) is 0 Å². The van der Waals surface area contributed by atoms with Crippen molar-refractivity contribution in [3.63, 3.8) is 0 Å². The summed E-state index contributed by atoms with van der Waals surface area (Å²) >= 11 is 0. The highest BCUT2D eigenvalue weighted by molar-refractivity contribution is 5.76. The van der Waals surface area contributed by atoms with E-state index >= 15 is 0 Å². The number of nitrogens with zero attached hydrogens (tertiary/aromatic N) is 1. The molecular weight excluding hydrogens is 671 g/mol. The Morgan fingerprint density at radius 3 is 1.43 bits per heavy atom. The lowest BCUT2D eigenvalue weighted by molar-refractivity contribution is -0.161. The van der Waals surface area contributed by atoms with Crippen molar-refractivity contribution in [1.29, 1.82) is 0 Å². The molecule has 0 radical (unpaired) electrons. The summed E-state index contributed by atoms with van der Waals surface area (Å²) in [5.41, 5.74) is -0.420. The highest BCUT2D eigenvalue weighted by atomic mass is 16.5. The highest BCUT2D eigenvalue weighted by Crippen LogP contribution is 2.28. The molecule has 322 valence electrons. The minimum absolute atomic E-state index is 0.0166. The molecule has 6 nitrogen and oxygen atoms in total. The van der Waals surface area contributed by atoms with Crippen LogP contribution in [-0.4, -0.2) is 60.9 Å². The summed E-state index contributed by atoms with van der Waals surface area (Å²) in [6, 6.07) is 0. The van der Waals surface area contributed by atoms with Crippen molar-refractivity contribution >= 4 is 11.9 Å². The van der Waals surface area contributed by atoms with E-state index in [9.17, 15) is 14.7 Å². The van der Waals surface area contributed by atoms with E-state index in [1.54, 1.807) is 0 Å². The van der Waals surface area contributed by atoms with Gasteiger partial charge in [-0.2, -0.15) is 0 Å². The second-order valence-corrected chi connectivity index (χ2v) is 17.3. The van der Waals surface area contributed by atoms with Crippen LogP contribution in [0.1, 0.15) is 253 Å². The second-order valence-electron chi connectivity index (χ2n) is 17.3. The molecule has 0 saturated heterocycles. The molecule has 1 N–H and O–H groups in total. The molecule has 0 aromatic heterocycles. The van der Waals surface area contributed by atoms with Crippen molar-refractivity contribution in [2.75, 3.05) is 32.8 Å². The van der Waals surface area contributed by atoms with Crippen molar-refractivity contribution in [2.24, 2.45) is 5.41 Å². The van der Waals surface area contributed by atoms with Crippen LogP contribution in [0.25, 0.3) is 0 Å². The summed E-state index contributed by atoms with van der Waals surface area (Å²) in [5, 5.41) is 9.32. The molecule has 0 bridgehead atoms. The molecule has 0 atom stereocenters. The van der Waals surface area contributed by atoms with Gasteiger partial charge in [-0.15, -0.1) is 0 Å². The third kappa shape index (κ3) is 35.3. The molecule has 0 heterocycles. The minimum atomic E-state index is -0.420. The second kappa shape index (κ2) is 40.1. The average Bonchev–Trinajstić information content (AvgIpc) is 3.15. The van der Waals surface area contributed by atoms with Crippen LogP contribution in [0, 0.1) is 5.41 Å². The first kappa shape index (κ1) is 52.9. The number of ether oxygens (including phenoxy) is 2. The summed E-state index contributed by atoms with van der Waals surface area (Å²) in [6.45, 7) is 15.2. The zero-order valence-corrected chi connectivity index (χ0v) is 37.2. The Hall–Kier alpha value is -1.14. The lowest BCUT2D eigenvalue weighted by atomic mass is 9.86. The van der Waals surface area contributed by atoms with Crippen LogP contribution >= 0.6 is 0 Å². The number of aliphatic hydroxyl groups is 1. The van der Waals surface area contributed by atoms with Crippen LogP contribution < -0.4 is 0 Å². The number of esters is 2. The molecule has 0 aromatic rings. The lowest BCUT2D eigenvalue weighted by Crippen LogP contribution is -2.31. The van der Waals surface area contributed by atoms with Crippen LogP contribution in [0.5, 0.6) is 0 Å². The van der Waals surface area contributed by atoms with Gasteiger partial charge in [-0.05, 0) is 104 Å². The summed E-state index contributed by atoms with van der Waals surface area (Å²) in [6.07, 6.45) is 39.8. The molecule has 0 fully saturated rings. The number of unbranched alkanes of at least 4 members (excludes halogenated alkanes) is 24. The van der Waals surface area contributed by atoms with E-state index in [0.717, 1.165) is 83.8 Å². The SMILES string of the molecule is CCCCCCCCC(CCCCCCCC)OC(=O)C(C)(C)CCCCCCN(CCCCO)CCCCCCCCCOC(=O)CCCCCCC. The molecule has 0 aromatic carbocycles. The molecule has 0 aliphatic heterocycles. The van der Waals surface area contributed by atoms with E-state index in [4.69, 9.17) is 9.47 Å². The fourth-order valence-electron chi connectivity index (χ4n) is 7.47. The summed E-state index contributed by atoms with van der Waals surface area (Å²) in [4.78, 5) is 27.9. The molecule has 0 aliphatic carbocycles. The standard InChI is InChI=1S/C48H95NO5/c1-6-9-12-15-21-27-36-45(37-28-22-16-13-10-7-2)54-47(52)48(4,5)39-30-23-25-32-41-49(42-33-34-43-50)40-31-24-18-17-19-26-35-44-53-46(51)38-29-20-14-11-8-3/h45,50H,6-44H2,1-5H3. The summed E-state index contributed by atoms with van der Waals surface area (Å²) < 4.78 is 11.7. The van der Waals surface area contributed by atoms with Gasteiger partial charge in [0.1, 0.15) is 6.10 Å². The van der Waals surface area contributed by atoms with E-state index in [1.807, 2.05) is 0 Å². The summed E-state index contributed by atoms with van der Waals surface area (Å²) in [5.74, 6) is 0.000805. The number of hydrogen-bond acceptors (Lipinski definition) is 6. The highest BCUT2D eigenvalue weighted by Gasteiger charge is 2.30. The lowest BCUT2D eigenvalue weighted by Gasteiger charge is -2.27. The van der Waals surface area contributed by atoms with Crippen molar-refractivity contribution in [2.45, 2.75) is 259 Å². The molecule has 0 aliphatic rings. The van der Waals surface area contributed by atoms with Crippen LogP contribution in [0.2, 0.25) is 0 Å². The number of hydrogen-bond donors (Lipinski definition) is 1. The molecule has 0 spiro atoms. The van der Waals surface area contributed by atoms with Gasteiger partial charge in [0.2, 0.25) is 0 Å². The molecule has 54 heavy (non-hydrogen) atoms. The Bertz CT molecular complexity index is 786. The molecule has 0 saturated carbocycles. The van der Waals surface area contributed by atoms with Crippen LogP contribution in [-0.2, 0) is 19.1 Å². The summed E-state index contributed by atoms with van der Waals surface area (Å²) in [7, 11) is 0.